The number of hydrogen-bond donors (Lipinski definition) is 2. The van der Waals surface area contributed by atoms with Crippen LogP contribution in [0.2, 0.25) is 0 Å². The molecule has 24 heavy (non-hydrogen) atoms. The summed E-state index contributed by atoms with van der Waals surface area (Å²) in [6.07, 6.45) is -3.07. The molecule has 0 spiro atoms. The number of amides is 1. The molecule has 0 unspecified atom stereocenters. The lowest BCUT2D eigenvalue weighted by Crippen LogP contribution is -2.31. The molecule has 0 atom stereocenters. The van der Waals surface area contributed by atoms with Gasteiger partial charge in [0, 0.05) is 13.1 Å². The van der Waals surface area contributed by atoms with Gasteiger partial charge in [-0.1, -0.05) is 13.0 Å². The van der Waals surface area contributed by atoms with Crippen LogP contribution in [0.1, 0.15) is 28.5 Å². The highest BCUT2D eigenvalue weighted by molar-refractivity contribution is 5.95. The highest BCUT2D eigenvalue weighted by Gasteiger charge is 2.30. The molecule has 0 fully saturated rings. The molecule has 2 aromatic rings. The zero-order valence-electron chi connectivity index (χ0n) is 13.4. The van der Waals surface area contributed by atoms with Crippen molar-refractivity contribution in [3.8, 4) is 5.69 Å². The number of likely N-dealkylation sites (N-methyl/N-ethyl adjacent to an activating group) is 1. The van der Waals surface area contributed by atoms with Crippen molar-refractivity contribution in [2.45, 2.75) is 20.0 Å². The van der Waals surface area contributed by atoms with Crippen molar-refractivity contribution >= 4 is 5.91 Å². The average Bonchev–Trinajstić information content (AvgIpc) is 2.92. The molecular weight excluding hydrogens is 321 g/mol. The standard InChI is InChI=1S/C16H19F3N4O/c1-3-20-7-8-21-15(24)14-10-22-23(11(14)2)13-6-4-5-12(9-13)16(17,18)19/h4-6,9-10,20H,3,7-8H2,1-2H3,(H,21,24). The zero-order valence-corrected chi connectivity index (χ0v) is 13.4. The summed E-state index contributed by atoms with van der Waals surface area (Å²) < 4.78 is 39.8. The van der Waals surface area contributed by atoms with Crippen molar-refractivity contribution in [3.05, 3.63) is 47.3 Å². The molecule has 0 aliphatic rings. The lowest BCUT2D eigenvalue weighted by atomic mass is 10.2. The lowest BCUT2D eigenvalue weighted by molar-refractivity contribution is -0.137. The second-order valence-corrected chi connectivity index (χ2v) is 5.21. The number of nitrogens with zero attached hydrogens (tertiary/aromatic N) is 2. The number of nitrogens with one attached hydrogen (secondary N) is 2. The minimum absolute atomic E-state index is 0.258. The minimum Gasteiger partial charge on any atom is -0.351 e. The number of aromatic nitrogens is 2. The van der Waals surface area contributed by atoms with E-state index in [1.807, 2.05) is 6.92 Å². The summed E-state index contributed by atoms with van der Waals surface area (Å²) in [6, 6.07) is 4.83. The van der Waals surface area contributed by atoms with E-state index >= 15 is 0 Å². The Balaban J connectivity index is 2.19. The summed E-state index contributed by atoms with van der Waals surface area (Å²) in [5.41, 5.74) is 0.319. The zero-order chi connectivity index (χ0) is 17.7. The van der Waals surface area contributed by atoms with Gasteiger partial charge in [0.25, 0.3) is 5.91 Å². The molecule has 1 aromatic carbocycles. The van der Waals surface area contributed by atoms with Gasteiger partial charge in [-0.25, -0.2) is 4.68 Å². The van der Waals surface area contributed by atoms with Gasteiger partial charge in [0.15, 0.2) is 0 Å². The molecule has 2 rings (SSSR count). The normalized spacial score (nSPS) is 11.5. The number of rotatable bonds is 6. The topological polar surface area (TPSA) is 58.9 Å². The molecule has 0 saturated heterocycles. The highest BCUT2D eigenvalue weighted by Crippen LogP contribution is 2.30. The molecule has 0 aliphatic heterocycles. The van der Waals surface area contributed by atoms with Gasteiger partial charge >= 0.3 is 6.18 Å². The SMILES string of the molecule is CCNCCNC(=O)c1cnn(-c2cccc(C(F)(F)F)c2)c1C. The van der Waals surface area contributed by atoms with Crippen molar-refractivity contribution in [3.63, 3.8) is 0 Å². The molecule has 0 bridgehead atoms. The molecule has 1 heterocycles. The molecule has 1 aromatic heterocycles. The summed E-state index contributed by atoms with van der Waals surface area (Å²) in [6.45, 7) is 5.52. The molecule has 0 radical (unpaired) electrons. The number of hydrogen-bond acceptors (Lipinski definition) is 3. The van der Waals surface area contributed by atoms with Crippen molar-refractivity contribution in [1.82, 2.24) is 20.4 Å². The van der Waals surface area contributed by atoms with Gasteiger partial charge in [-0.15, -0.1) is 0 Å². The van der Waals surface area contributed by atoms with E-state index in [-0.39, 0.29) is 11.6 Å². The number of alkyl halides is 3. The molecule has 5 nitrogen and oxygen atoms in total. The highest BCUT2D eigenvalue weighted by atomic mass is 19.4. The first-order valence-electron chi connectivity index (χ1n) is 7.55. The third-order valence-electron chi connectivity index (χ3n) is 3.51. The largest absolute Gasteiger partial charge is 0.416 e. The summed E-state index contributed by atoms with van der Waals surface area (Å²) in [5, 5.41) is 9.87. The quantitative estimate of drug-likeness (QED) is 0.795. The van der Waals surface area contributed by atoms with Crippen molar-refractivity contribution in [1.29, 1.82) is 0 Å². The Bertz CT molecular complexity index is 710. The van der Waals surface area contributed by atoms with Crippen LogP contribution in [0.5, 0.6) is 0 Å². The first kappa shape index (κ1) is 18.0. The molecule has 2 N–H and O–H groups in total. The fourth-order valence-corrected chi connectivity index (χ4v) is 2.24. The predicted molar refractivity (Wildman–Crippen MR) is 84.2 cm³/mol. The van der Waals surface area contributed by atoms with Gasteiger partial charge in [0.1, 0.15) is 0 Å². The van der Waals surface area contributed by atoms with Crippen LogP contribution in [0.4, 0.5) is 13.2 Å². The monoisotopic (exact) mass is 340 g/mol. The smallest absolute Gasteiger partial charge is 0.351 e. The van der Waals surface area contributed by atoms with Gasteiger partial charge in [-0.3, -0.25) is 4.79 Å². The van der Waals surface area contributed by atoms with Crippen molar-refractivity contribution < 1.29 is 18.0 Å². The van der Waals surface area contributed by atoms with Crippen LogP contribution in [-0.4, -0.2) is 35.3 Å². The maximum Gasteiger partial charge on any atom is 0.416 e. The Morgan fingerprint density at radius 3 is 2.71 bits per heavy atom. The number of benzene rings is 1. The van der Waals surface area contributed by atoms with Crippen LogP contribution in [-0.2, 0) is 6.18 Å². The second kappa shape index (κ2) is 7.48. The lowest BCUT2D eigenvalue weighted by Gasteiger charge is -2.10. The number of halogens is 3. The van der Waals surface area contributed by atoms with E-state index in [0.29, 0.717) is 24.3 Å². The van der Waals surface area contributed by atoms with Crippen LogP contribution in [0.15, 0.2) is 30.5 Å². The Labute approximate surface area is 137 Å². The minimum atomic E-state index is -4.43. The van der Waals surface area contributed by atoms with E-state index in [1.54, 1.807) is 6.92 Å². The fraction of sp³-hybridized carbons (Fsp3) is 0.375. The summed E-state index contributed by atoms with van der Waals surface area (Å²) in [5.74, 6) is -0.302. The van der Waals surface area contributed by atoms with E-state index in [2.05, 4.69) is 15.7 Å². The van der Waals surface area contributed by atoms with Crippen molar-refractivity contribution in [2.75, 3.05) is 19.6 Å². The number of carbonyl (C=O) groups excluding carboxylic acids is 1. The Morgan fingerprint density at radius 2 is 2.04 bits per heavy atom. The molecule has 130 valence electrons. The molecule has 1 amide bonds. The summed E-state index contributed by atoms with van der Waals surface area (Å²) in [4.78, 5) is 12.1. The van der Waals surface area contributed by atoms with Gasteiger partial charge in [0.2, 0.25) is 0 Å². The van der Waals surface area contributed by atoms with Crippen molar-refractivity contribution in [2.24, 2.45) is 0 Å². The van der Waals surface area contributed by atoms with Gasteiger partial charge in [-0.2, -0.15) is 18.3 Å². The van der Waals surface area contributed by atoms with Crippen LogP contribution in [0.25, 0.3) is 5.69 Å². The van der Waals surface area contributed by atoms with Crippen LogP contribution >= 0.6 is 0 Å². The third-order valence-corrected chi connectivity index (χ3v) is 3.51. The Kier molecular flexibility index (Phi) is 5.61. The van der Waals surface area contributed by atoms with Gasteiger partial charge in [-0.05, 0) is 31.7 Å². The van der Waals surface area contributed by atoms with E-state index in [0.717, 1.165) is 18.7 Å². The first-order chi connectivity index (χ1) is 11.3. The van der Waals surface area contributed by atoms with Crippen LogP contribution in [0.3, 0.4) is 0 Å². The summed E-state index contributed by atoms with van der Waals surface area (Å²) >= 11 is 0. The molecular formula is C16H19F3N4O. The molecule has 0 saturated carbocycles. The average molecular weight is 340 g/mol. The van der Waals surface area contributed by atoms with E-state index in [4.69, 9.17) is 0 Å². The fourth-order valence-electron chi connectivity index (χ4n) is 2.24. The molecule has 8 heteroatoms. The Morgan fingerprint density at radius 1 is 1.29 bits per heavy atom. The van der Waals surface area contributed by atoms with Gasteiger partial charge < -0.3 is 10.6 Å². The maximum absolute atomic E-state index is 12.8. The second-order valence-electron chi connectivity index (χ2n) is 5.21. The molecule has 0 aliphatic carbocycles. The predicted octanol–water partition coefficient (Wildman–Crippen LogP) is 2.54. The maximum atomic E-state index is 12.8. The van der Waals surface area contributed by atoms with Gasteiger partial charge in [0.05, 0.1) is 28.7 Å². The number of carbonyl (C=O) groups is 1. The first-order valence-corrected chi connectivity index (χ1v) is 7.55. The Hall–Kier alpha value is -2.35. The van der Waals surface area contributed by atoms with E-state index < -0.39 is 11.7 Å². The third kappa shape index (κ3) is 4.14. The summed E-state index contributed by atoms with van der Waals surface area (Å²) in [7, 11) is 0. The van der Waals surface area contributed by atoms with Crippen LogP contribution in [0, 0.1) is 6.92 Å². The van der Waals surface area contributed by atoms with Crippen LogP contribution < -0.4 is 10.6 Å². The van der Waals surface area contributed by atoms with E-state index in [1.165, 1.54) is 23.0 Å². The van der Waals surface area contributed by atoms with E-state index in [9.17, 15) is 18.0 Å².